The lowest BCUT2D eigenvalue weighted by Crippen LogP contribution is -2.30. The smallest absolute Gasteiger partial charge is 0.306 e. The van der Waals surface area contributed by atoms with Crippen molar-refractivity contribution in [3.63, 3.8) is 0 Å². The molecule has 0 saturated carbocycles. The number of ether oxygens (including phenoxy) is 3. The number of allylic oxidation sites excluding steroid dienone is 4. The molecule has 62 heavy (non-hydrogen) atoms. The van der Waals surface area contributed by atoms with Gasteiger partial charge in [0.25, 0.3) is 0 Å². The topological polar surface area (TPSA) is 78.9 Å². The molecular weight excluding hydrogens is 769 g/mol. The third-order valence-electron chi connectivity index (χ3n) is 12.2. The van der Waals surface area contributed by atoms with Gasteiger partial charge in [-0.25, -0.2) is 0 Å². The molecule has 0 radical (unpaired) electrons. The van der Waals surface area contributed by atoms with Crippen molar-refractivity contribution in [3.8, 4) is 0 Å². The number of carbonyl (C=O) groups is 3. The van der Waals surface area contributed by atoms with E-state index in [4.69, 9.17) is 14.2 Å². The van der Waals surface area contributed by atoms with Crippen molar-refractivity contribution >= 4 is 17.9 Å². The summed E-state index contributed by atoms with van der Waals surface area (Å²) < 4.78 is 16.8. The van der Waals surface area contributed by atoms with Gasteiger partial charge in [-0.1, -0.05) is 231 Å². The third kappa shape index (κ3) is 48.9. The lowest BCUT2D eigenvalue weighted by molar-refractivity contribution is -0.167. The summed E-state index contributed by atoms with van der Waals surface area (Å²) in [5.41, 5.74) is 0. The minimum Gasteiger partial charge on any atom is -0.462 e. The Morgan fingerprint density at radius 3 is 0.806 bits per heavy atom. The van der Waals surface area contributed by atoms with Crippen LogP contribution in [0.2, 0.25) is 0 Å². The maximum Gasteiger partial charge on any atom is 0.306 e. The van der Waals surface area contributed by atoms with Crippen molar-refractivity contribution in [1.82, 2.24) is 0 Å². The van der Waals surface area contributed by atoms with Crippen molar-refractivity contribution in [2.24, 2.45) is 0 Å². The number of carbonyl (C=O) groups excluding carboxylic acids is 3. The molecule has 0 aromatic rings. The summed E-state index contributed by atoms with van der Waals surface area (Å²) in [7, 11) is 0. The van der Waals surface area contributed by atoms with E-state index in [1.54, 1.807) is 0 Å². The van der Waals surface area contributed by atoms with E-state index < -0.39 is 6.10 Å². The Balaban J connectivity index is 4.30. The highest BCUT2D eigenvalue weighted by molar-refractivity contribution is 5.71. The summed E-state index contributed by atoms with van der Waals surface area (Å²) in [5, 5.41) is 0. The van der Waals surface area contributed by atoms with Crippen LogP contribution in [0.5, 0.6) is 0 Å². The molecular formula is C56H104O6. The first kappa shape index (κ1) is 59.9. The van der Waals surface area contributed by atoms with Crippen molar-refractivity contribution in [2.75, 3.05) is 13.2 Å². The molecule has 0 fully saturated rings. The van der Waals surface area contributed by atoms with E-state index in [1.807, 2.05) is 0 Å². The fourth-order valence-corrected chi connectivity index (χ4v) is 8.02. The molecule has 1 atom stereocenters. The molecule has 0 aromatic carbocycles. The first-order valence-electron chi connectivity index (χ1n) is 27.3. The minimum atomic E-state index is -0.771. The van der Waals surface area contributed by atoms with Crippen molar-refractivity contribution in [2.45, 2.75) is 303 Å². The zero-order valence-electron chi connectivity index (χ0n) is 41.7. The molecule has 0 aliphatic rings. The Bertz CT molecular complexity index is 1000. The van der Waals surface area contributed by atoms with Gasteiger partial charge >= 0.3 is 17.9 Å². The normalized spacial score (nSPS) is 12.1. The quantitative estimate of drug-likeness (QED) is 0.0262. The predicted molar refractivity (Wildman–Crippen MR) is 266 cm³/mol. The summed E-state index contributed by atoms with van der Waals surface area (Å²) >= 11 is 0. The lowest BCUT2D eigenvalue weighted by atomic mass is 10.1. The average Bonchev–Trinajstić information content (AvgIpc) is 3.27. The van der Waals surface area contributed by atoms with E-state index in [9.17, 15) is 14.4 Å². The number of hydrogen-bond acceptors (Lipinski definition) is 6. The van der Waals surface area contributed by atoms with E-state index in [0.29, 0.717) is 19.3 Å². The molecule has 0 spiro atoms. The molecule has 0 N–H and O–H groups in total. The Morgan fingerprint density at radius 2 is 0.532 bits per heavy atom. The van der Waals surface area contributed by atoms with Gasteiger partial charge in [0.15, 0.2) is 6.10 Å². The second-order valence-electron chi connectivity index (χ2n) is 18.5. The molecule has 0 bridgehead atoms. The average molecular weight is 873 g/mol. The van der Waals surface area contributed by atoms with Gasteiger partial charge < -0.3 is 14.2 Å². The van der Waals surface area contributed by atoms with Crippen LogP contribution in [0.25, 0.3) is 0 Å². The van der Waals surface area contributed by atoms with E-state index in [-0.39, 0.29) is 31.1 Å². The molecule has 0 aromatic heterocycles. The second kappa shape index (κ2) is 51.5. The van der Waals surface area contributed by atoms with Crippen LogP contribution in [0.15, 0.2) is 24.3 Å². The molecule has 6 heteroatoms. The maximum absolute atomic E-state index is 12.8. The van der Waals surface area contributed by atoms with Crippen molar-refractivity contribution < 1.29 is 28.6 Å². The summed E-state index contributed by atoms with van der Waals surface area (Å²) in [6.07, 6.45) is 58.8. The number of unbranched alkanes of at least 4 members (excludes halogenated alkanes) is 35. The van der Waals surface area contributed by atoms with Crippen molar-refractivity contribution in [1.29, 1.82) is 0 Å². The fourth-order valence-electron chi connectivity index (χ4n) is 8.02. The largest absolute Gasteiger partial charge is 0.462 e. The van der Waals surface area contributed by atoms with Gasteiger partial charge in [0, 0.05) is 19.3 Å². The Hall–Kier alpha value is -2.11. The monoisotopic (exact) mass is 873 g/mol. The maximum atomic E-state index is 12.8. The van der Waals surface area contributed by atoms with Gasteiger partial charge in [0.2, 0.25) is 0 Å². The van der Waals surface area contributed by atoms with E-state index in [2.05, 4.69) is 45.1 Å². The molecule has 0 heterocycles. The van der Waals surface area contributed by atoms with Crippen LogP contribution in [-0.4, -0.2) is 37.2 Å². The summed E-state index contributed by atoms with van der Waals surface area (Å²) in [4.78, 5) is 38.0. The highest BCUT2D eigenvalue weighted by Crippen LogP contribution is 2.16. The first-order chi connectivity index (χ1) is 30.5. The molecule has 0 saturated heterocycles. The number of esters is 3. The lowest BCUT2D eigenvalue weighted by Gasteiger charge is -2.18. The molecule has 364 valence electrons. The highest BCUT2D eigenvalue weighted by Gasteiger charge is 2.19. The Labute approximate surface area is 385 Å². The van der Waals surface area contributed by atoms with Gasteiger partial charge in [-0.2, -0.15) is 0 Å². The molecule has 0 rings (SSSR count). The van der Waals surface area contributed by atoms with E-state index in [1.165, 1.54) is 193 Å². The van der Waals surface area contributed by atoms with E-state index in [0.717, 1.165) is 64.2 Å². The van der Waals surface area contributed by atoms with Gasteiger partial charge in [-0.15, -0.1) is 0 Å². The van der Waals surface area contributed by atoms with Crippen LogP contribution in [0.1, 0.15) is 297 Å². The third-order valence-corrected chi connectivity index (χ3v) is 12.2. The molecule has 1 unspecified atom stereocenters. The second-order valence-corrected chi connectivity index (χ2v) is 18.5. The van der Waals surface area contributed by atoms with Gasteiger partial charge in [0.1, 0.15) is 13.2 Å². The van der Waals surface area contributed by atoms with Gasteiger partial charge in [0.05, 0.1) is 0 Å². The van der Waals surface area contributed by atoms with Crippen LogP contribution in [-0.2, 0) is 28.6 Å². The Kier molecular flexibility index (Phi) is 49.8. The highest BCUT2D eigenvalue weighted by atomic mass is 16.6. The molecule has 0 aliphatic carbocycles. The van der Waals surface area contributed by atoms with Gasteiger partial charge in [-0.05, 0) is 70.6 Å². The van der Waals surface area contributed by atoms with Crippen molar-refractivity contribution in [3.05, 3.63) is 24.3 Å². The zero-order valence-corrected chi connectivity index (χ0v) is 41.7. The van der Waals surface area contributed by atoms with Crippen LogP contribution in [0.3, 0.4) is 0 Å². The summed E-state index contributed by atoms with van der Waals surface area (Å²) in [5.74, 6) is -0.868. The van der Waals surface area contributed by atoms with Gasteiger partial charge in [-0.3, -0.25) is 14.4 Å². The SMILES string of the molecule is CCCCCCC/C=C\CCCCCCCC(=O)OC(COC(=O)CCCCCCCCCCC/C=C\CCCCCCCC)COC(=O)CCCCCCCCCCCCC. The first-order valence-corrected chi connectivity index (χ1v) is 27.3. The molecule has 0 amide bonds. The Morgan fingerprint density at radius 1 is 0.306 bits per heavy atom. The minimum absolute atomic E-state index is 0.0713. The standard InChI is InChI=1S/C56H104O6/c1-4-7-10-13-16-19-22-24-26-27-28-29-30-32-34-37-40-43-46-49-55(58)61-52-53(51-60-54(57)48-45-42-39-36-33-21-18-15-12-9-6-3)62-56(59)50-47-44-41-38-35-31-25-23-20-17-14-11-8-5-2/h23-26,53H,4-22,27-52H2,1-3H3/b25-23-,26-24-. The van der Waals surface area contributed by atoms with Crippen LogP contribution < -0.4 is 0 Å². The number of rotatable bonds is 50. The zero-order chi connectivity index (χ0) is 45.1. The molecule has 0 aliphatic heterocycles. The molecule has 6 nitrogen and oxygen atoms in total. The number of hydrogen-bond donors (Lipinski definition) is 0. The van der Waals surface area contributed by atoms with Crippen LogP contribution in [0, 0.1) is 0 Å². The van der Waals surface area contributed by atoms with Crippen LogP contribution in [0.4, 0.5) is 0 Å². The van der Waals surface area contributed by atoms with E-state index >= 15 is 0 Å². The summed E-state index contributed by atoms with van der Waals surface area (Å²) in [6.45, 7) is 6.64. The summed E-state index contributed by atoms with van der Waals surface area (Å²) in [6, 6.07) is 0. The predicted octanol–water partition coefficient (Wildman–Crippen LogP) is 17.9. The fraction of sp³-hybridized carbons (Fsp3) is 0.875. The van der Waals surface area contributed by atoms with Crippen LogP contribution >= 0.6 is 0 Å².